The molecule has 0 bridgehead atoms. The molecule has 3 rings (SSSR count). The molecule has 1 aromatic carbocycles. The SMILES string of the molecule is CN(Cc1ccc(C(F)(F)F)cc1)Cc1nnc(-c2cccs2)o1. The number of benzene rings is 1. The summed E-state index contributed by atoms with van der Waals surface area (Å²) in [6, 6.07) is 8.93. The summed E-state index contributed by atoms with van der Waals surface area (Å²) in [7, 11) is 1.84. The van der Waals surface area contributed by atoms with E-state index in [1.54, 1.807) is 0 Å². The Bertz CT molecular complexity index is 782. The van der Waals surface area contributed by atoms with Crippen LogP contribution in [0.5, 0.6) is 0 Å². The van der Waals surface area contributed by atoms with Crippen molar-refractivity contribution in [1.29, 1.82) is 0 Å². The third-order valence-corrected chi connectivity index (χ3v) is 4.20. The van der Waals surface area contributed by atoms with Gasteiger partial charge in [0.15, 0.2) is 0 Å². The van der Waals surface area contributed by atoms with Crippen LogP contribution in [-0.4, -0.2) is 22.1 Å². The third kappa shape index (κ3) is 4.01. The lowest BCUT2D eigenvalue weighted by atomic mass is 10.1. The molecule has 2 aromatic heterocycles. The van der Waals surface area contributed by atoms with Gasteiger partial charge in [0.1, 0.15) is 0 Å². The van der Waals surface area contributed by atoms with E-state index in [-0.39, 0.29) is 0 Å². The van der Waals surface area contributed by atoms with Gasteiger partial charge in [-0.15, -0.1) is 21.5 Å². The summed E-state index contributed by atoms with van der Waals surface area (Å²) in [4.78, 5) is 2.80. The van der Waals surface area contributed by atoms with E-state index < -0.39 is 11.7 Å². The van der Waals surface area contributed by atoms with E-state index in [0.29, 0.717) is 24.9 Å². The van der Waals surface area contributed by atoms with E-state index in [9.17, 15) is 13.2 Å². The zero-order chi connectivity index (χ0) is 17.2. The van der Waals surface area contributed by atoms with Gasteiger partial charge in [-0.25, -0.2) is 0 Å². The zero-order valence-electron chi connectivity index (χ0n) is 12.7. The van der Waals surface area contributed by atoms with Crippen LogP contribution >= 0.6 is 11.3 Å². The van der Waals surface area contributed by atoms with Gasteiger partial charge in [-0.1, -0.05) is 18.2 Å². The standard InChI is InChI=1S/C16H14F3N3OS/c1-22(9-11-4-6-12(7-5-11)16(17,18)19)10-14-20-21-15(23-14)13-3-2-8-24-13/h2-8H,9-10H2,1H3. The summed E-state index contributed by atoms with van der Waals surface area (Å²) >= 11 is 1.51. The van der Waals surface area contributed by atoms with Crippen LogP contribution in [0.3, 0.4) is 0 Å². The van der Waals surface area contributed by atoms with Crippen molar-refractivity contribution < 1.29 is 17.6 Å². The van der Waals surface area contributed by atoms with Crippen LogP contribution in [0.2, 0.25) is 0 Å². The molecular weight excluding hydrogens is 339 g/mol. The molecule has 0 atom stereocenters. The average molecular weight is 353 g/mol. The minimum atomic E-state index is -4.31. The molecule has 0 aliphatic carbocycles. The minimum absolute atomic E-state index is 0.416. The fraction of sp³-hybridized carbons (Fsp3) is 0.250. The predicted octanol–water partition coefficient (Wildman–Crippen LogP) is 4.45. The molecule has 0 amide bonds. The predicted molar refractivity (Wildman–Crippen MR) is 84.2 cm³/mol. The van der Waals surface area contributed by atoms with Crippen LogP contribution in [0.4, 0.5) is 13.2 Å². The van der Waals surface area contributed by atoms with Gasteiger partial charge in [-0.3, -0.25) is 4.90 Å². The van der Waals surface area contributed by atoms with Gasteiger partial charge in [-0.05, 0) is 36.2 Å². The van der Waals surface area contributed by atoms with Crippen LogP contribution in [0.25, 0.3) is 10.8 Å². The smallest absolute Gasteiger partial charge is 0.416 e. The Morgan fingerprint density at radius 3 is 2.46 bits per heavy atom. The van der Waals surface area contributed by atoms with Crippen molar-refractivity contribution in [3.63, 3.8) is 0 Å². The van der Waals surface area contributed by atoms with Gasteiger partial charge in [0.25, 0.3) is 5.89 Å². The number of halogens is 3. The third-order valence-electron chi connectivity index (χ3n) is 3.34. The number of alkyl halides is 3. The number of hydrogen-bond donors (Lipinski definition) is 0. The van der Waals surface area contributed by atoms with Crippen molar-refractivity contribution in [2.75, 3.05) is 7.05 Å². The minimum Gasteiger partial charge on any atom is -0.419 e. The van der Waals surface area contributed by atoms with Crippen molar-refractivity contribution in [1.82, 2.24) is 15.1 Å². The summed E-state index contributed by atoms with van der Waals surface area (Å²) in [5.74, 6) is 0.941. The molecule has 8 heteroatoms. The molecule has 2 heterocycles. The maximum absolute atomic E-state index is 12.6. The van der Waals surface area contributed by atoms with E-state index in [1.165, 1.54) is 23.5 Å². The normalized spacial score (nSPS) is 12.0. The summed E-state index contributed by atoms with van der Waals surface area (Å²) in [5, 5.41) is 9.93. The van der Waals surface area contributed by atoms with E-state index in [4.69, 9.17) is 4.42 Å². The summed E-state index contributed by atoms with van der Waals surface area (Å²) in [5.41, 5.74) is 0.134. The average Bonchev–Trinajstić information content (AvgIpc) is 3.17. The molecule has 0 saturated carbocycles. The number of rotatable bonds is 5. The first-order chi connectivity index (χ1) is 11.4. The lowest BCUT2D eigenvalue weighted by molar-refractivity contribution is -0.137. The molecule has 0 saturated heterocycles. The van der Waals surface area contributed by atoms with Crippen LogP contribution in [0.15, 0.2) is 46.2 Å². The number of aromatic nitrogens is 2. The van der Waals surface area contributed by atoms with E-state index in [1.807, 2.05) is 29.5 Å². The maximum atomic E-state index is 12.6. The molecule has 0 N–H and O–H groups in total. The highest BCUT2D eigenvalue weighted by Crippen LogP contribution is 2.29. The first-order valence-electron chi connectivity index (χ1n) is 7.13. The van der Waals surface area contributed by atoms with Crippen molar-refractivity contribution in [3.05, 3.63) is 58.8 Å². The number of hydrogen-bond acceptors (Lipinski definition) is 5. The Morgan fingerprint density at radius 1 is 1.08 bits per heavy atom. The van der Waals surface area contributed by atoms with Crippen LogP contribution in [-0.2, 0) is 19.3 Å². The first-order valence-corrected chi connectivity index (χ1v) is 8.01. The van der Waals surface area contributed by atoms with Crippen molar-refractivity contribution >= 4 is 11.3 Å². The molecule has 0 aliphatic rings. The molecule has 0 radical (unpaired) electrons. The lowest BCUT2D eigenvalue weighted by Gasteiger charge is -2.15. The topological polar surface area (TPSA) is 42.2 Å². The number of thiophene rings is 1. The Morgan fingerprint density at radius 2 is 1.83 bits per heavy atom. The Hall–Kier alpha value is -2.19. The highest BCUT2D eigenvalue weighted by atomic mass is 32.1. The van der Waals surface area contributed by atoms with E-state index in [0.717, 1.165) is 22.6 Å². The second-order valence-electron chi connectivity index (χ2n) is 5.35. The second kappa shape index (κ2) is 6.74. The molecule has 24 heavy (non-hydrogen) atoms. The van der Waals surface area contributed by atoms with Gasteiger partial charge < -0.3 is 4.42 Å². The second-order valence-corrected chi connectivity index (χ2v) is 6.29. The van der Waals surface area contributed by atoms with Crippen molar-refractivity contribution in [2.24, 2.45) is 0 Å². The molecule has 0 aliphatic heterocycles. The quantitative estimate of drug-likeness (QED) is 0.680. The Kier molecular flexibility index (Phi) is 4.68. The van der Waals surface area contributed by atoms with E-state index in [2.05, 4.69) is 10.2 Å². The van der Waals surface area contributed by atoms with Crippen molar-refractivity contribution in [3.8, 4) is 10.8 Å². The molecular formula is C16H14F3N3OS. The molecule has 126 valence electrons. The Balaban J connectivity index is 1.60. The lowest BCUT2D eigenvalue weighted by Crippen LogP contribution is -2.17. The fourth-order valence-corrected chi connectivity index (χ4v) is 2.86. The van der Waals surface area contributed by atoms with Crippen LogP contribution < -0.4 is 0 Å². The van der Waals surface area contributed by atoms with Gasteiger partial charge >= 0.3 is 6.18 Å². The van der Waals surface area contributed by atoms with Gasteiger partial charge in [0.2, 0.25) is 5.89 Å². The number of nitrogens with zero attached hydrogens (tertiary/aromatic N) is 3. The maximum Gasteiger partial charge on any atom is 0.416 e. The molecule has 0 spiro atoms. The highest BCUT2D eigenvalue weighted by Gasteiger charge is 2.29. The Labute approximate surface area is 140 Å². The van der Waals surface area contributed by atoms with Crippen LogP contribution in [0, 0.1) is 0 Å². The van der Waals surface area contributed by atoms with Gasteiger partial charge in [-0.2, -0.15) is 13.2 Å². The van der Waals surface area contributed by atoms with Gasteiger partial charge in [0, 0.05) is 6.54 Å². The summed E-state index contributed by atoms with van der Waals surface area (Å²) in [6.45, 7) is 0.897. The molecule has 0 fully saturated rings. The van der Waals surface area contributed by atoms with E-state index >= 15 is 0 Å². The molecule has 0 unspecified atom stereocenters. The fourth-order valence-electron chi connectivity index (χ4n) is 2.21. The highest BCUT2D eigenvalue weighted by molar-refractivity contribution is 7.13. The summed E-state index contributed by atoms with van der Waals surface area (Å²) in [6.07, 6.45) is -4.31. The first kappa shape index (κ1) is 16.7. The largest absolute Gasteiger partial charge is 0.419 e. The zero-order valence-corrected chi connectivity index (χ0v) is 13.6. The van der Waals surface area contributed by atoms with Gasteiger partial charge in [0.05, 0.1) is 17.0 Å². The van der Waals surface area contributed by atoms with Crippen LogP contribution in [0.1, 0.15) is 17.0 Å². The monoisotopic (exact) mass is 353 g/mol. The molecule has 3 aromatic rings. The van der Waals surface area contributed by atoms with Crippen molar-refractivity contribution in [2.45, 2.75) is 19.3 Å². The summed E-state index contributed by atoms with van der Waals surface area (Å²) < 4.78 is 43.3. The molecule has 4 nitrogen and oxygen atoms in total.